The van der Waals surface area contributed by atoms with Crippen molar-refractivity contribution in [2.75, 3.05) is 19.0 Å². The molecule has 0 aliphatic carbocycles. The van der Waals surface area contributed by atoms with Crippen LogP contribution in [-0.2, 0) is 16.2 Å². The molecule has 1 aliphatic heterocycles. The van der Waals surface area contributed by atoms with Gasteiger partial charge in [0.05, 0.1) is 16.5 Å². The van der Waals surface area contributed by atoms with E-state index in [1.807, 2.05) is 36.4 Å². The van der Waals surface area contributed by atoms with Gasteiger partial charge in [-0.25, -0.2) is 0 Å². The Kier molecular flexibility index (Phi) is 9.53. The van der Waals surface area contributed by atoms with Crippen LogP contribution in [0.15, 0.2) is 74.5 Å². The molecule has 10 heteroatoms. The predicted octanol–water partition coefficient (Wildman–Crippen LogP) is 7.60. The van der Waals surface area contributed by atoms with E-state index in [-0.39, 0.29) is 11.4 Å². The highest BCUT2D eigenvalue weighted by Crippen LogP contribution is 2.39. The quantitative estimate of drug-likeness (QED) is 0.236. The van der Waals surface area contributed by atoms with E-state index in [1.165, 1.54) is 7.11 Å². The Labute approximate surface area is 248 Å². The lowest BCUT2D eigenvalue weighted by Gasteiger charge is -2.14. The first kappa shape index (κ1) is 28.9. The molecule has 1 saturated heterocycles. The summed E-state index contributed by atoms with van der Waals surface area (Å²) in [6.45, 7) is 4.14. The van der Waals surface area contributed by atoms with Crippen molar-refractivity contribution >= 4 is 72.4 Å². The number of carbonyl (C=O) groups is 3. The normalized spacial score (nSPS) is 14.3. The molecule has 0 bridgehead atoms. The van der Waals surface area contributed by atoms with Crippen LogP contribution in [0.2, 0.25) is 0 Å². The third kappa shape index (κ3) is 7.32. The van der Waals surface area contributed by atoms with Gasteiger partial charge in [-0.1, -0.05) is 54.0 Å². The van der Waals surface area contributed by atoms with Crippen LogP contribution in [0.3, 0.4) is 0 Å². The molecule has 0 saturated carbocycles. The van der Waals surface area contributed by atoms with Crippen molar-refractivity contribution in [1.29, 1.82) is 0 Å². The molecule has 3 aromatic carbocycles. The molecule has 39 heavy (non-hydrogen) atoms. The molecular weight excluding hydrogens is 648 g/mol. The van der Waals surface area contributed by atoms with Gasteiger partial charge in [0.15, 0.2) is 11.5 Å². The second-order valence-electron chi connectivity index (χ2n) is 9.04. The molecule has 1 heterocycles. The highest BCUT2D eigenvalue weighted by molar-refractivity contribution is 9.10. The van der Waals surface area contributed by atoms with Gasteiger partial charge in [0.2, 0.25) is 5.91 Å². The molecule has 0 aromatic heterocycles. The summed E-state index contributed by atoms with van der Waals surface area (Å²) in [4.78, 5) is 39.3. The molecule has 0 radical (unpaired) electrons. The van der Waals surface area contributed by atoms with E-state index < -0.39 is 17.1 Å². The van der Waals surface area contributed by atoms with E-state index in [2.05, 4.69) is 51.0 Å². The van der Waals surface area contributed by atoms with Crippen LogP contribution in [0.25, 0.3) is 6.08 Å². The number of methoxy groups -OCH3 is 1. The number of nitrogens with one attached hydrogen (secondary N) is 1. The maximum absolute atomic E-state index is 13.0. The van der Waals surface area contributed by atoms with Crippen LogP contribution >= 0.6 is 43.6 Å². The summed E-state index contributed by atoms with van der Waals surface area (Å²) in [5.74, 6) is 0.380. The van der Waals surface area contributed by atoms with Gasteiger partial charge in [0.1, 0.15) is 13.2 Å². The van der Waals surface area contributed by atoms with Gasteiger partial charge < -0.3 is 14.8 Å². The fourth-order valence-corrected chi connectivity index (χ4v) is 5.46. The van der Waals surface area contributed by atoms with Gasteiger partial charge in [0.25, 0.3) is 11.1 Å². The lowest BCUT2D eigenvalue weighted by atomic mass is 10.0. The van der Waals surface area contributed by atoms with E-state index in [0.29, 0.717) is 39.7 Å². The summed E-state index contributed by atoms with van der Waals surface area (Å²) in [6, 6.07) is 18.8. The summed E-state index contributed by atoms with van der Waals surface area (Å²) >= 11 is 7.73. The number of benzene rings is 3. The number of ether oxygens (including phenoxy) is 2. The van der Waals surface area contributed by atoms with Crippen molar-refractivity contribution in [2.45, 2.75) is 26.4 Å². The average Bonchev–Trinajstić information content (AvgIpc) is 3.16. The minimum atomic E-state index is -0.527. The minimum Gasteiger partial charge on any atom is -0.493 e. The molecule has 1 fully saturated rings. The van der Waals surface area contributed by atoms with E-state index >= 15 is 0 Å². The number of hydrogen-bond donors (Lipinski definition) is 1. The van der Waals surface area contributed by atoms with Crippen molar-refractivity contribution in [3.8, 4) is 11.5 Å². The Morgan fingerprint density at radius 1 is 1.05 bits per heavy atom. The van der Waals surface area contributed by atoms with Gasteiger partial charge in [-0.05, 0) is 92.8 Å². The fourth-order valence-electron chi connectivity index (χ4n) is 3.78. The second-order valence-corrected chi connectivity index (χ2v) is 11.8. The number of rotatable bonds is 9. The van der Waals surface area contributed by atoms with Gasteiger partial charge in [-0.2, -0.15) is 0 Å². The molecule has 3 aromatic rings. The monoisotopic (exact) mass is 672 g/mol. The number of carbonyl (C=O) groups excluding carboxylic acids is 3. The van der Waals surface area contributed by atoms with Crippen LogP contribution in [0.1, 0.15) is 36.5 Å². The summed E-state index contributed by atoms with van der Waals surface area (Å²) in [7, 11) is 1.53. The Balaban J connectivity index is 1.44. The highest BCUT2D eigenvalue weighted by Gasteiger charge is 2.36. The van der Waals surface area contributed by atoms with Gasteiger partial charge in [0, 0.05) is 10.2 Å². The summed E-state index contributed by atoms with van der Waals surface area (Å²) < 4.78 is 13.1. The molecule has 7 nitrogen and oxygen atoms in total. The van der Waals surface area contributed by atoms with Gasteiger partial charge >= 0.3 is 0 Å². The molecule has 3 amide bonds. The van der Waals surface area contributed by atoms with Gasteiger partial charge in [-0.3, -0.25) is 19.3 Å². The van der Waals surface area contributed by atoms with Crippen molar-refractivity contribution < 1.29 is 23.9 Å². The molecule has 0 spiro atoms. The average molecular weight is 674 g/mol. The van der Waals surface area contributed by atoms with Crippen LogP contribution in [0.5, 0.6) is 11.5 Å². The highest BCUT2D eigenvalue weighted by atomic mass is 79.9. The third-order valence-corrected chi connectivity index (χ3v) is 7.91. The number of nitrogens with zero attached hydrogens (tertiary/aromatic N) is 1. The Morgan fingerprint density at radius 2 is 1.74 bits per heavy atom. The second kappa shape index (κ2) is 12.8. The predicted molar refractivity (Wildman–Crippen MR) is 161 cm³/mol. The lowest BCUT2D eigenvalue weighted by Crippen LogP contribution is -2.36. The molecule has 0 unspecified atom stereocenters. The fraction of sp³-hybridized carbons (Fsp3) is 0.207. The molecular formula is C29H26Br2N2O5S. The first-order valence-electron chi connectivity index (χ1n) is 12.0. The first-order chi connectivity index (χ1) is 18.6. The van der Waals surface area contributed by atoms with Crippen LogP contribution in [0.4, 0.5) is 10.5 Å². The van der Waals surface area contributed by atoms with Gasteiger partial charge in [-0.15, -0.1) is 0 Å². The van der Waals surface area contributed by atoms with E-state index in [1.54, 1.807) is 30.3 Å². The number of halogens is 2. The number of hydrogen-bond acceptors (Lipinski definition) is 6. The number of amides is 3. The molecule has 1 aliphatic rings. The summed E-state index contributed by atoms with van der Waals surface area (Å²) in [5, 5.41) is 2.24. The van der Waals surface area contributed by atoms with Crippen molar-refractivity contribution in [2.24, 2.45) is 0 Å². The van der Waals surface area contributed by atoms with Crippen molar-refractivity contribution in [3.05, 3.63) is 91.2 Å². The Morgan fingerprint density at radius 3 is 2.38 bits per heavy atom. The number of anilines is 1. The molecule has 4 rings (SSSR count). The number of imide groups is 1. The number of thioether (sulfide) groups is 1. The van der Waals surface area contributed by atoms with E-state index in [4.69, 9.17) is 9.47 Å². The zero-order valence-corrected chi connectivity index (χ0v) is 25.5. The van der Waals surface area contributed by atoms with Crippen LogP contribution in [0, 0.1) is 0 Å². The molecule has 0 atom stereocenters. The minimum absolute atomic E-state index is 0.214. The topological polar surface area (TPSA) is 84.9 Å². The molecule has 1 N–H and O–H groups in total. The first-order valence-corrected chi connectivity index (χ1v) is 14.4. The van der Waals surface area contributed by atoms with Crippen LogP contribution in [-0.4, -0.2) is 35.6 Å². The zero-order valence-electron chi connectivity index (χ0n) is 21.5. The standard InChI is InChI=1S/C29H26Br2N2O5S/c1-17(2)20-6-10-22(11-7-20)32-26(34)15-33-28(35)25(39-29(33)36)14-19-12-23(31)27(24(13-19)37-3)38-16-18-4-8-21(30)9-5-18/h4-14,17H,15-16H2,1-3H3,(H,32,34)/b25-14+. The maximum atomic E-state index is 13.0. The third-order valence-electron chi connectivity index (χ3n) is 5.88. The molecule has 202 valence electrons. The Bertz CT molecular complexity index is 1420. The van der Waals surface area contributed by atoms with E-state index in [0.717, 1.165) is 32.3 Å². The zero-order chi connectivity index (χ0) is 28.1. The Hall–Kier alpha value is -3.08. The van der Waals surface area contributed by atoms with Crippen LogP contribution < -0.4 is 14.8 Å². The van der Waals surface area contributed by atoms with Crippen molar-refractivity contribution in [3.63, 3.8) is 0 Å². The smallest absolute Gasteiger partial charge is 0.294 e. The maximum Gasteiger partial charge on any atom is 0.294 e. The van der Waals surface area contributed by atoms with E-state index in [9.17, 15) is 14.4 Å². The SMILES string of the molecule is COc1cc(/C=C2/SC(=O)N(CC(=O)Nc3ccc(C(C)C)cc3)C2=O)cc(Br)c1OCc1ccc(Br)cc1. The van der Waals surface area contributed by atoms with Crippen molar-refractivity contribution in [1.82, 2.24) is 4.90 Å². The summed E-state index contributed by atoms with van der Waals surface area (Å²) in [5.41, 5.74) is 3.37. The summed E-state index contributed by atoms with van der Waals surface area (Å²) in [6.07, 6.45) is 1.60. The largest absolute Gasteiger partial charge is 0.493 e. The lowest BCUT2D eigenvalue weighted by molar-refractivity contribution is -0.127.